The van der Waals surface area contributed by atoms with Gasteiger partial charge in [0.15, 0.2) is 0 Å². The van der Waals surface area contributed by atoms with Crippen LogP contribution in [0, 0.1) is 28.5 Å². The molecule has 0 aliphatic carbocycles. The van der Waals surface area contributed by atoms with Gasteiger partial charge in [-0.3, -0.25) is 4.79 Å². The van der Waals surface area contributed by atoms with Crippen molar-refractivity contribution in [2.45, 2.75) is 0 Å². The van der Waals surface area contributed by atoms with E-state index in [0.717, 1.165) is 6.07 Å². The van der Waals surface area contributed by atoms with E-state index in [2.05, 4.69) is 0 Å². The number of rotatable bonds is 1. The normalized spacial score (nSPS) is 9.75. The second-order valence-electron chi connectivity index (χ2n) is 3.92. The number of nitrogens with two attached hydrogens (primary N) is 2. The number of pyridine rings is 1. The molecule has 0 bridgehead atoms. The third-order valence-corrected chi connectivity index (χ3v) is 2.79. The molecular weight excluding hydrogens is 261 g/mol. The lowest BCUT2D eigenvalue weighted by Crippen LogP contribution is -2.33. The van der Waals surface area contributed by atoms with E-state index in [9.17, 15) is 9.18 Å². The van der Waals surface area contributed by atoms with E-state index in [-0.39, 0.29) is 28.1 Å². The van der Waals surface area contributed by atoms with Crippen molar-refractivity contribution in [2.24, 2.45) is 0 Å². The smallest absolute Gasteiger partial charge is 0.289 e. The summed E-state index contributed by atoms with van der Waals surface area (Å²) in [5.41, 5.74) is 4.46. The molecule has 6 nitrogen and oxygen atoms in total. The Bertz CT molecular complexity index is 842. The van der Waals surface area contributed by atoms with E-state index in [4.69, 9.17) is 22.1 Å². The van der Waals surface area contributed by atoms with Crippen LogP contribution in [0.25, 0.3) is 11.1 Å². The minimum absolute atomic E-state index is 0.0151. The molecule has 0 saturated carbocycles. The molecule has 0 aliphatic rings. The van der Waals surface area contributed by atoms with Crippen molar-refractivity contribution in [1.29, 1.82) is 10.5 Å². The van der Waals surface area contributed by atoms with Crippen LogP contribution in [0.1, 0.15) is 11.1 Å². The van der Waals surface area contributed by atoms with Crippen LogP contribution in [0.3, 0.4) is 0 Å². The molecule has 0 aliphatic heterocycles. The summed E-state index contributed by atoms with van der Waals surface area (Å²) < 4.78 is 13.8. The molecule has 0 saturated heterocycles. The number of anilines is 1. The van der Waals surface area contributed by atoms with E-state index < -0.39 is 11.4 Å². The molecular formula is C13H8FN5O. The molecule has 98 valence electrons. The van der Waals surface area contributed by atoms with Gasteiger partial charge >= 0.3 is 0 Å². The van der Waals surface area contributed by atoms with E-state index in [1.807, 2.05) is 0 Å². The Labute approximate surface area is 112 Å². The molecule has 0 atom stereocenters. The molecule has 7 heteroatoms. The van der Waals surface area contributed by atoms with Crippen molar-refractivity contribution in [1.82, 2.24) is 4.68 Å². The SMILES string of the molecule is N#Cc1c(-c2cccc(F)c2)c(C#N)c(=O)n(N)c1N. The van der Waals surface area contributed by atoms with Gasteiger partial charge in [0, 0.05) is 5.56 Å². The zero-order valence-corrected chi connectivity index (χ0v) is 10.1. The summed E-state index contributed by atoms with van der Waals surface area (Å²) in [6.45, 7) is 0. The number of hydrogen-bond donors (Lipinski definition) is 2. The van der Waals surface area contributed by atoms with Gasteiger partial charge in [0.25, 0.3) is 5.56 Å². The summed E-state index contributed by atoms with van der Waals surface area (Å²) in [7, 11) is 0. The lowest BCUT2D eigenvalue weighted by molar-refractivity contribution is 0.628. The predicted octanol–water partition coefficient (Wildman–Crippen LogP) is 0.694. The molecule has 0 spiro atoms. The highest BCUT2D eigenvalue weighted by Gasteiger charge is 2.20. The van der Waals surface area contributed by atoms with Gasteiger partial charge in [-0.2, -0.15) is 10.5 Å². The topological polar surface area (TPSA) is 122 Å². The average Bonchev–Trinajstić information content (AvgIpc) is 2.44. The Morgan fingerprint density at radius 1 is 1.20 bits per heavy atom. The zero-order valence-electron chi connectivity index (χ0n) is 10.1. The standard InChI is InChI=1S/C13H8FN5O/c14-8-3-1-2-7(4-8)11-9(5-15)12(17)19(18)13(20)10(11)6-16/h1-4H,17-18H2. The Kier molecular flexibility index (Phi) is 3.11. The van der Waals surface area contributed by atoms with Crippen molar-refractivity contribution in [3.8, 4) is 23.3 Å². The second kappa shape index (κ2) is 4.75. The summed E-state index contributed by atoms with van der Waals surface area (Å²) in [6, 6.07) is 8.65. The van der Waals surface area contributed by atoms with E-state index in [0.29, 0.717) is 4.68 Å². The minimum Gasteiger partial charge on any atom is -0.382 e. The first-order chi connectivity index (χ1) is 9.51. The first-order valence-corrected chi connectivity index (χ1v) is 5.41. The number of aromatic nitrogens is 1. The lowest BCUT2D eigenvalue weighted by atomic mass is 9.96. The largest absolute Gasteiger partial charge is 0.382 e. The zero-order chi connectivity index (χ0) is 14.9. The molecule has 0 unspecified atom stereocenters. The molecule has 0 amide bonds. The highest BCUT2D eigenvalue weighted by Crippen LogP contribution is 2.28. The van der Waals surface area contributed by atoms with Gasteiger partial charge in [-0.25, -0.2) is 9.07 Å². The maximum absolute atomic E-state index is 13.3. The average molecular weight is 269 g/mol. The van der Waals surface area contributed by atoms with Gasteiger partial charge in [-0.15, -0.1) is 0 Å². The molecule has 0 radical (unpaired) electrons. The first kappa shape index (κ1) is 13.1. The molecule has 1 aromatic heterocycles. The van der Waals surface area contributed by atoms with Crippen molar-refractivity contribution in [3.05, 3.63) is 51.6 Å². The maximum atomic E-state index is 13.3. The van der Waals surface area contributed by atoms with Crippen LogP contribution in [-0.4, -0.2) is 4.68 Å². The first-order valence-electron chi connectivity index (χ1n) is 5.41. The number of halogens is 1. The molecule has 1 aromatic carbocycles. The summed E-state index contributed by atoms with van der Waals surface area (Å²) in [6.07, 6.45) is 0. The van der Waals surface area contributed by atoms with Crippen LogP contribution in [0.15, 0.2) is 29.1 Å². The quantitative estimate of drug-likeness (QED) is 0.737. The van der Waals surface area contributed by atoms with E-state index >= 15 is 0 Å². The molecule has 2 rings (SSSR count). The Balaban J connectivity index is 3.00. The summed E-state index contributed by atoms with van der Waals surface area (Å²) in [5.74, 6) is 4.57. The van der Waals surface area contributed by atoms with Gasteiger partial charge in [0.2, 0.25) is 0 Å². The van der Waals surface area contributed by atoms with Crippen LogP contribution in [0.5, 0.6) is 0 Å². The monoisotopic (exact) mass is 269 g/mol. The van der Waals surface area contributed by atoms with E-state index in [1.165, 1.54) is 18.2 Å². The molecule has 0 fully saturated rings. The van der Waals surface area contributed by atoms with Crippen molar-refractivity contribution in [3.63, 3.8) is 0 Å². The second-order valence-corrected chi connectivity index (χ2v) is 3.92. The Morgan fingerprint density at radius 3 is 2.40 bits per heavy atom. The highest BCUT2D eigenvalue weighted by molar-refractivity contribution is 5.80. The molecule has 20 heavy (non-hydrogen) atoms. The van der Waals surface area contributed by atoms with Crippen LogP contribution in [0.4, 0.5) is 10.2 Å². The van der Waals surface area contributed by atoms with E-state index in [1.54, 1.807) is 12.1 Å². The molecule has 1 heterocycles. The lowest BCUT2D eigenvalue weighted by Gasteiger charge is -2.12. The van der Waals surface area contributed by atoms with Crippen molar-refractivity contribution < 1.29 is 4.39 Å². The fourth-order valence-electron chi connectivity index (χ4n) is 1.86. The van der Waals surface area contributed by atoms with Gasteiger partial charge in [0.1, 0.15) is 34.9 Å². The van der Waals surface area contributed by atoms with Gasteiger partial charge in [-0.05, 0) is 17.7 Å². The van der Waals surface area contributed by atoms with Crippen molar-refractivity contribution in [2.75, 3.05) is 11.6 Å². The number of nitrogen functional groups attached to an aromatic ring is 2. The third-order valence-electron chi connectivity index (χ3n) is 2.79. The molecule has 2 aromatic rings. The summed E-state index contributed by atoms with van der Waals surface area (Å²) in [5, 5.41) is 18.3. The summed E-state index contributed by atoms with van der Waals surface area (Å²) in [4.78, 5) is 11.9. The minimum atomic E-state index is -0.844. The maximum Gasteiger partial charge on any atom is 0.289 e. The summed E-state index contributed by atoms with van der Waals surface area (Å²) >= 11 is 0. The van der Waals surface area contributed by atoms with Crippen LogP contribution in [0.2, 0.25) is 0 Å². The third kappa shape index (κ3) is 1.84. The van der Waals surface area contributed by atoms with Gasteiger partial charge in [0.05, 0.1) is 0 Å². The number of nitriles is 2. The van der Waals surface area contributed by atoms with Crippen LogP contribution < -0.4 is 17.1 Å². The van der Waals surface area contributed by atoms with Crippen LogP contribution >= 0.6 is 0 Å². The Morgan fingerprint density at radius 2 is 1.85 bits per heavy atom. The van der Waals surface area contributed by atoms with Crippen LogP contribution in [-0.2, 0) is 0 Å². The fourth-order valence-corrected chi connectivity index (χ4v) is 1.86. The number of benzene rings is 1. The molecule has 4 N–H and O–H groups in total. The Hall–Kier alpha value is -3.32. The number of nitrogens with zero attached hydrogens (tertiary/aromatic N) is 3. The van der Waals surface area contributed by atoms with Gasteiger partial charge < -0.3 is 11.6 Å². The predicted molar refractivity (Wildman–Crippen MR) is 70.1 cm³/mol. The number of hydrogen-bond acceptors (Lipinski definition) is 5. The van der Waals surface area contributed by atoms with Gasteiger partial charge in [-0.1, -0.05) is 12.1 Å². The fraction of sp³-hybridized carbons (Fsp3) is 0. The highest BCUT2D eigenvalue weighted by atomic mass is 19.1. The van der Waals surface area contributed by atoms with Crippen molar-refractivity contribution >= 4 is 5.82 Å².